The summed E-state index contributed by atoms with van der Waals surface area (Å²) in [4.78, 5) is 18.7. The molecule has 2 aromatic heterocycles. The quantitative estimate of drug-likeness (QED) is 0.787. The number of oxazole rings is 1. The summed E-state index contributed by atoms with van der Waals surface area (Å²) in [6.45, 7) is 0. The number of carbonyl (C=O) groups is 1. The van der Waals surface area contributed by atoms with Crippen LogP contribution in [0.1, 0.15) is 10.5 Å². The largest absolute Gasteiger partial charge is 0.476 e. The highest BCUT2D eigenvalue weighted by atomic mass is 32.1. The van der Waals surface area contributed by atoms with E-state index in [1.165, 1.54) is 17.5 Å². The Morgan fingerprint density at radius 1 is 1.62 bits per heavy atom. The minimum Gasteiger partial charge on any atom is -0.476 e. The molecule has 0 aliphatic rings. The van der Waals surface area contributed by atoms with Gasteiger partial charge in [-0.2, -0.15) is 0 Å². The second-order valence-electron chi connectivity index (χ2n) is 2.20. The molecule has 0 radical (unpaired) electrons. The Kier molecular flexibility index (Phi) is 1.82. The van der Waals surface area contributed by atoms with Gasteiger partial charge < -0.3 is 9.52 Å². The molecule has 66 valence electrons. The van der Waals surface area contributed by atoms with Crippen LogP contribution in [0.2, 0.25) is 0 Å². The first-order valence-corrected chi connectivity index (χ1v) is 4.22. The second-order valence-corrected chi connectivity index (χ2v) is 3.09. The van der Waals surface area contributed by atoms with E-state index in [9.17, 15) is 4.79 Å². The first-order valence-electron chi connectivity index (χ1n) is 3.34. The third-order valence-corrected chi connectivity index (χ3v) is 2.20. The summed E-state index contributed by atoms with van der Waals surface area (Å²) in [5.74, 6) is -0.841. The summed E-state index contributed by atoms with van der Waals surface area (Å²) in [5, 5.41) is 8.72. The van der Waals surface area contributed by atoms with Crippen molar-refractivity contribution in [3.63, 3.8) is 0 Å². The van der Waals surface area contributed by atoms with Crippen LogP contribution in [-0.4, -0.2) is 21.0 Å². The molecule has 2 rings (SSSR count). The fourth-order valence-electron chi connectivity index (χ4n) is 0.901. The van der Waals surface area contributed by atoms with Gasteiger partial charge in [-0.1, -0.05) is 0 Å². The summed E-state index contributed by atoms with van der Waals surface area (Å²) >= 11 is 1.30. The van der Waals surface area contributed by atoms with Crippen LogP contribution in [0.25, 0.3) is 10.6 Å². The molecule has 0 amide bonds. The van der Waals surface area contributed by atoms with Gasteiger partial charge in [0.2, 0.25) is 0 Å². The van der Waals surface area contributed by atoms with E-state index in [1.807, 2.05) is 0 Å². The molecule has 0 unspecified atom stereocenters. The van der Waals surface area contributed by atoms with Crippen molar-refractivity contribution in [3.05, 3.63) is 23.8 Å². The minimum atomic E-state index is -1.10. The van der Waals surface area contributed by atoms with Crippen molar-refractivity contribution >= 4 is 17.3 Å². The Labute approximate surface area is 76.7 Å². The molecule has 6 heteroatoms. The van der Waals surface area contributed by atoms with Crippen LogP contribution in [0.3, 0.4) is 0 Å². The minimum absolute atomic E-state index is 0.0794. The molecule has 1 N–H and O–H groups in total. The van der Waals surface area contributed by atoms with E-state index in [2.05, 4.69) is 9.97 Å². The van der Waals surface area contributed by atoms with Crippen molar-refractivity contribution in [1.82, 2.24) is 9.97 Å². The molecule has 2 aromatic rings. The highest BCUT2D eigenvalue weighted by Gasteiger charge is 2.17. The summed E-state index contributed by atoms with van der Waals surface area (Å²) in [5.41, 5.74) is 1.52. The average molecular weight is 196 g/mol. The summed E-state index contributed by atoms with van der Waals surface area (Å²) in [6, 6.07) is 0. The van der Waals surface area contributed by atoms with E-state index in [-0.39, 0.29) is 11.5 Å². The Morgan fingerprint density at radius 2 is 2.46 bits per heavy atom. The SMILES string of the molecule is O=C(O)c1ncoc1-c1cncs1. The highest BCUT2D eigenvalue weighted by Crippen LogP contribution is 2.25. The third kappa shape index (κ3) is 1.31. The van der Waals surface area contributed by atoms with Crippen molar-refractivity contribution in [1.29, 1.82) is 0 Å². The van der Waals surface area contributed by atoms with Crippen LogP contribution in [0, 0.1) is 0 Å². The molecule has 13 heavy (non-hydrogen) atoms. The zero-order valence-electron chi connectivity index (χ0n) is 6.30. The van der Waals surface area contributed by atoms with Gasteiger partial charge in [0.1, 0.15) is 0 Å². The number of thiazole rings is 1. The van der Waals surface area contributed by atoms with Gasteiger partial charge in [-0.05, 0) is 0 Å². The van der Waals surface area contributed by atoms with Crippen molar-refractivity contribution < 1.29 is 14.3 Å². The summed E-state index contributed by atoms with van der Waals surface area (Å²) < 4.78 is 4.95. The lowest BCUT2D eigenvalue weighted by molar-refractivity contribution is 0.0691. The topological polar surface area (TPSA) is 76.2 Å². The molecule has 5 nitrogen and oxygen atoms in total. The number of carboxylic acids is 1. The average Bonchev–Trinajstić information content (AvgIpc) is 2.74. The maximum absolute atomic E-state index is 10.6. The van der Waals surface area contributed by atoms with Crippen LogP contribution < -0.4 is 0 Å². The van der Waals surface area contributed by atoms with Gasteiger partial charge in [-0.15, -0.1) is 11.3 Å². The van der Waals surface area contributed by atoms with Gasteiger partial charge in [-0.3, -0.25) is 4.98 Å². The van der Waals surface area contributed by atoms with Crippen LogP contribution in [0.15, 0.2) is 22.5 Å². The second kappa shape index (κ2) is 2.98. The van der Waals surface area contributed by atoms with Crippen LogP contribution in [-0.2, 0) is 0 Å². The predicted molar refractivity (Wildman–Crippen MR) is 44.6 cm³/mol. The number of aromatic nitrogens is 2. The number of hydrogen-bond donors (Lipinski definition) is 1. The smallest absolute Gasteiger partial charge is 0.358 e. The number of hydrogen-bond acceptors (Lipinski definition) is 5. The standard InChI is InChI=1S/C7H4N2O3S/c10-7(11)5-6(12-2-9-5)4-1-8-3-13-4/h1-3H,(H,10,11). The fourth-order valence-corrected chi connectivity index (χ4v) is 1.51. The number of nitrogens with zero attached hydrogens (tertiary/aromatic N) is 2. The number of rotatable bonds is 2. The van der Waals surface area contributed by atoms with Crippen LogP contribution in [0.5, 0.6) is 0 Å². The van der Waals surface area contributed by atoms with Crippen molar-refractivity contribution in [2.24, 2.45) is 0 Å². The van der Waals surface area contributed by atoms with E-state index in [0.717, 1.165) is 6.39 Å². The zero-order valence-corrected chi connectivity index (χ0v) is 7.11. The lowest BCUT2D eigenvalue weighted by Crippen LogP contribution is -1.97. The molecule has 0 fully saturated rings. The maximum atomic E-state index is 10.6. The molecule has 0 aliphatic heterocycles. The Balaban J connectivity index is 2.52. The number of aromatic carboxylic acids is 1. The van der Waals surface area contributed by atoms with E-state index in [4.69, 9.17) is 9.52 Å². The first kappa shape index (κ1) is 7.93. The Bertz CT molecular complexity index is 421. The van der Waals surface area contributed by atoms with Gasteiger partial charge in [0, 0.05) is 6.20 Å². The molecule has 0 saturated heterocycles. The third-order valence-electron chi connectivity index (χ3n) is 1.43. The summed E-state index contributed by atoms with van der Waals surface area (Å²) in [6.07, 6.45) is 2.65. The van der Waals surface area contributed by atoms with Gasteiger partial charge >= 0.3 is 5.97 Å². The van der Waals surface area contributed by atoms with Crippen molar-refractivity contribution in [2.45, 2.75) is 0 Å². The Morgan fingerprint density at radius 3 is 3.08 bits per heavy atom. The molecule has 0 spiro atoms. The highest BCUT2D eigenvalue weighted by molar-refractivity contribution is 7.13. The van der Waals surface area contributed by atoms with Crippen LogP contribution in [0.4, 0.5) is 0 Å². The van der Waals surface area contributed by atoms with Crippen LogP contribution >= 0.6 is 11.3 Å². The Hall–Kier alpha value is -1.69. The van der Waals surface area contributed by atoms with E-state index in [0.29, 0.717) is 4.88 Å². The van der Waals surface area contributed by atoms with E-state index in [1.54, 1.807) is 5.51 Å². The molecular weight excluding hydrogens is 192 g/mol. The van der Waals surface area contributed by atoms with Gasteiger partial charge in [0.05, 0.1) is 10.4 Å². The lowest BCUT2D eigenvalue weighted by Gasteiger charge is -1.90. The molecular formula is C7H4N2O3S. The first-order chi connectivity index (χ1) is 6.29. The lowest BCUT2D eigenvalue weighted by atomic mass is 10.3. The van der Waals surface area contributed by atoms with E-state index >= 15 is 0 Å². The zero-order chi connectivity index (χ0) is 9.26. The van der Waals surface area contributed by atoms with E-state index < -0.39 is 5.97 Å². The molecule has 0 aromatic carbocycles. The predicted octanol–water partition coefficient (Wildman–Crippen LogP) is 1.50. The van der Waals surface area contributed by atoms with Gasteiger partial charge in [0.15, 0.2) is 17.8 Å². The fraction of sp³-hybridized carbons (Fsp3) is 0. The van der Waals surface area contributed by atoms with Gasteiger partial charge in [0.25, 0.3) is 0 Å². The van der Waals surface area contributed by atoms with Gasteiger partial charge in [-0.25, -0.2) is 9.78 Å². The molecule has 0 bridgehead atoms. The molecule has 0 atom stereocenters. The molecule has 2 heterocycles. The summed E-state index contributed by atoms with van der Waals surface area (Å²) in [7, 11) is 0. The maximum Gasteiger partial charge on any atom is 0.358 e. The molecule has 0 aliphatic carbocycles. The van der Waals surface area contributed by atoms with Crippen molar-refractivity contribution in [3.8, 4) is 10.6 Å². The van der Waals surface area contributed by atoms with Crippen molar-refractivity contribution in [2.75, 3.05) is 0 Å². The normalized spacial score (nSPS) is 10.2. The monoisotopic (exact) mass is 196 g/mol. The molecule has 0 saturated carbocycles. The number of carboxylic acid groups (broad SMARTS) is 1.